The lowest BCUT2D eigenvalue weighted by molar-refractivity contribution is 0.0996. The molecule has 0 fully saturated rings. The second-order valence-corrected chi connectivity index (χ2v) is 3.76. The molecule has 2 aromatic rings. The van der Waals surface area contributed by atoms with Crippen molar-refractivity contribution >= 4 is 11.7 Å². The number of nitrogens with two attached hydrogens (primary N) is 2. The first kappa shape index (κ1) is 12.0. The summed E-state index contributed by atoms with van der Waals surface area (Å²) in [7, 11) is 0. The van der Waals surface area contributed by atoms with Gasteiger partial charge in [0, 0.05) is 6.42 Å². The zero-order chi connectivity index (χ0) is 13.1. The average molecular weight is 246 g/mol. The molecule has 0 bridgehead atoms. The fourth-order valence-corrected chi connectivity index (χ4v) is 1.51. The second-order valence-electron chi connectivity index (χ2n) is 3.76. The molecule has 1 amide bonds. The summed E-state index contributed by atoms with van der Waals surface area (Å²) < 4.78 is 12.7. The normalized spacial score (nSPS) is 10.3. The number of amides is 1. The van der Waals surface area contributed by atoms with Gasteiger partial charge < -0.3 is 11.5 Å². The lowest BCUT2D eigenvalue weighted by Gasteiger charge is -2.04. The summed E-state index contributed by atoms with van der Waals surface area (Å²) in [5.41, 5.74) is 12.0. The van der Waals surface area contributed by atoms with Crippen LogP contribution in [0.4, 0.5) is 10.2 Å². The molecule has 2 rings (SSSR count). The molecule has 18 heavy (non-hydrogen) atoms. The third-order valence-corrected chi connectivity index (χ3v) is 2.38. The first-order valence-corrected chi connectivity index (χ1v) is 5.22. The molecule has 92 valence electrons. The summed E-state index contributed by atoms with van der Waals surface area (Å²) in [6.45, 7) is 0. The van der Waals surface area contributed by atoms with Crippen molar-refractivity contribution in [2.24, 2.45) is 5.73 Å². The van der Waals surface area contributed by atoms with Gasteiger partial charge in [-0.2, -0.15) is 0 Å². The number of carbonyl (C=O) groups excluding carboxylic acids is 1. The molecule has 0 spiro atoms. The third kappa shape index (κ3) is 2.60. The molecule has 0 radical (unpaired) electrons. The van der Waals surface area contributed by atoms with Gasteiger partial charge in [0.2, 0.25) is 0 Å². The van der Waals surface area contributed by atoms with E-state index in [-0.39, 0.29) is 17.3 Å². The van der Waals surface area contributed by atoms with Gasteiger partial charge in [0.1, 0.15) is 5.82 Å². The summed E-state index contributed by atoms with van der Waals surface area (Å²) in [6, 6.07) is 5.98. The highest BCUT2D eigenvalue weighted by Crippen LogP contribution is 2.11. The van der Waals surface area contributed by atoms with Gasteiger partial charge in [-0.25, -0.2) is 14.4 Å². The van der Waals surface area contributed by atoms with Crippen molar-refractivity contribution in [3.05, 3.63) is 53.2 Å². The number of nitrogen functional groups attached to an aromatic ring is 1. The van der Waals surface area contributed by atoms with Crippen LogP contribution in [0.25, 0.3) is 0 Å². The number of hydrogen-bond donors (Lipinski definition) is 2. The number of halogens is 1. The molecule has 0 aliphatic carbocycles. The van der Waals surface area contributed by atoms with Crippen LogP contribution in [-0.2, 0) is 6.42 Å². The monoisotopic (exact) mass is 246 g/mol. The number of hydrogen-bond acceptors (Lipinski definition) is 4. The number of anilines is 1. The minimum absolute atomic E-state index is 0.00496. The highest BCUT2D eigenvalue weighted by molar-refractivity contribution is 5.94. The number of aromatic nitrogens is 2. The van der Waals surface area contributed by atoms with Gasteiger partial charge in [-0.15, -0.1) is 0 Å². The van der Waals surface area contributed by atoms with Crippen molar-refractivity contribution in [2.45, 2.75) is 6.42 Å². The van der Waals surface area contributed by atoms with Gasteiger partial charge in [-0.3, -0.25) is 4.79 Å². The number of primary amides is 1. The fraction of sp³-hybridized carbons (Fsp3) is 0.0833. The molecule has 1 aromatic heterocycles. The van der Waals surface area contributed by atoms with Crippen LogP contribution in [-0.4, -0.2) is 15.9 Å². The molecule has 0 saturated carbocycles. The van der Waals surface area contributed by atoms with Crippen LogP contribution in [0.3, 0.4) is 0 Å². The highest BCUT2D eigenvalue weighted by Gasteiger charge is 2.10. The average Bonchev–Trinajstić information content (AvgIpc) is 2.34. The van der Waals surface area contributed by atoms with Crippen LogP contribution >= 0.6 is 0 Å². The molecule has 0 atom stereocenters. The second kappa shape index (κ2) is 4.79. The highest BCUT2D eigenvalue weighted by atomic mass is 19.1. The summed E-state index contributed by atoms with van der Waals surface area (Å²) >= 11 is 0. The van der Waals surface area contributed by atoms with E-state index in [1.807, 2.05) is 0 Å². The Kier molecular flexibility index (Phi) is 3.18. The SMILES string of the molecule is NC(=O)c1nc(Cc2ccc(F)cc2)cnc1N. The Labute approximate surface area is 103 Å². The summed E-state index contributed by atoms with van der Waals surface area (Å²) in [6.07, 6.45) is 1.89. The van der Waals surface area contributed by atoms with Crippen LogP contribution < -0.4 is 11.5 Å². The Morgan fingerprint density at radius 1 is 1.28 bits per heavy atom. The maximum atomic E-state index is 12.7. The molecule has 1 heterocycles. The summed E-state index contributed by atoms with van der Waals surface area (Å²) in [5.74, 6) is -1.02. The Bertz CT molecular complexity index is 583. The van der Waals surface area contributed by atoms with Crippen LogP contribution in [0.1, 0.15) is 21.7 Å². The van der Waals surface area contributed by atoms with Crippen molar-refractivity contribution in [3.8, 4) is 0 Å². The first-order chi connectivity index (χ1) is 8.56. The van der Waals surface area contributed by atoms with E-state index in [0.29, 0.717) is 12.1 Å². The quantitative estimate of drug-likeness (QED) is 0.840. The number of carbonyl (C=O) groups is 1. The Balaban J connectivity index is 2.27. The van der Waals surface area contributed by atoms with Gasteiger partial charge in [-0.05, 0) is 17.7 Å². The Hall–Kier alpha value is -2.50. The maximum Gasteiger partial charge on any atom is 0.271 e. The molecule has 0 unspecified atom stereocenters. The number of nitrogens with zero attached hydrogens (tertiary/aromatic N) is 2. The van der Waals surface area contributed by atoms with Gasteiger partial charge in [0.05, 0.1) is 11.9 Å². The van der Waals surface area contributed by atoms with Gasteiger partial charge >= 0.3 is 0 Å². The van der Waals surface area contributed by atoms with E-state index in [0.717, 1.165) is 5.56 Å². The van der Waals surface area contributed by atoms with E-state index in [4.69, 9.17) is 11.5 Å². The molecule has 6 heteroatoms. The van der Waals surface area contributed by atoms with E-state index in [2.05, 4.69) is 9.97 Å². The van der Waals surface area contributed by atoms with Crippen LogP contribution in [0.2, 0.25) is 0 Å². The van der Waals surface area contributed by atoms with Crippen molar-refractivity contribution < 1.29 is 9.18 Å². The summed E-state index contributed by atoms with van der Waals surface area (Å²) in [4.78, 5) is 18.9. The largest absolute Gasteiger partial charge is 0.382 e. The number of benzene rings is 1. The topological polar surface area (TPSA) is 94.9 Å². The third-order valence-electron chi connectivity index (χ3n) is 2.38. The molecule has 1 aromatic carbocycles. The van der Waals surface area contributed by atoms with Crippen molar-refractivity contribution in [3.63, 3.8) is 0 Å². The smallest absolute Gasteiger partial charge is 0.271 e. The molecule has 4 N–H and O–H groups in total. The van der Waals surface area contributed by atoms with Crippen LogP contribution in [0.15, 0.2) is 30.5 Å². The molecular weight excluding hydrogens is 235 g/mol. The predicted molar refractivity (Wildman–Crippen MR) is 64.2 cm³/mol. The van der Waals surface area contributed by atoms with E-state index in [1.54, 1.807) is 12.1 Å². The number of rotatable bonds is 3. The summed E-state index contributed by atoms with van der Waals surface area (Å²) in [5, 5.41) is 0. The van der Waals surface area contributed by atoms with Gasteiger partial charge in [0.15, 0.2) is 11.5 Å². The lowest BCUT2D eigenvalue weighted by Crippen LogP contribution is -2.17. The fourth-order valence-electron chi connectivity index (χ4n) is 1.51. The molecule has 5 nitrogen and oxygen atoms in total. The Morgan fingerprint density at radius 3 is 2.56 bits per heavy atom. The van der Waals surface area contributed by atoms with E-state index >= 15 is 0 Å². The van der Waals surface area contributed by atoms with E-state index in [1.165, 1.54) is 18.3 Å². The minimum atomic E-state index is -0.721. The van der Waals surface area contributed by atoms with Crippen molar-refractivity contribution in [2.75, 3.05) is 5.73 Å². The minimum Gasteiger partial charge on any atom is -0.382 e. The first-order valence-electron chi connectivity index (χ1n) is 5.22. The van der Waals surface area contributed by atoms with Gasteiger partial charge in [-0.1, -0.05) is 12.1 Å². The van der Waals surface area contributed by atoms with Crippen LogP contribution in [0, 0.1) is 5.82 Å². The Morgan fingerprint density at radius 2 is 1.94 bits per heavy atom. The van der Waals surface area contributed by atoms with Crippen LogP contribution in [0.5, 0.6) is 0 Å². The van der Waals surface area contributed by atoms with E-state index in [9.17, 15) is 9.18 Å². The molecule has 0 aliphatic heterocycles. The zero-order valence-corrected chi connectivity index (χ0v) is 9.43. The standard InChI is InChI=1S/C12H11FN4O/c13-8-3-1-7(2-4-8)5-9-6-16-11(14)10(17-9)12(15)18/h1-4,6H,5H2,(H2,14,16)(H2,15,18). The lowest BCUT2D eigenvalue weighted by atomic mass is 10.1. The van der Waals surface area contributed by atoms with Gasteiger partial charge in [0.25, 0.3) is 5.91 Å². The zero-order valence-electron chi connectivity index (χ0n) is 9.43. The maximum absolute atomic E-state index is 12.7. The van der Waals surface area contributed by atoms with E-state index < -0.39 is 5.91 Å². The predicted octanol–water partition coefficient (Wildman–Crippen LogP) is 0.888. The molecule has 0 aliphatic rings. The van der Waals surface area contributed by atoms with Crippen molar-refractivity contribution in [1.82, 2.24) is 9.97 Å². The molecule has 0 saturated heterocycles. The van der Waals surface area contributed by atoms with Crippen molar-refractivity contribution in [1.29, 1.82) is 0 Å². The molecular formula is C12H11FN4O.